The number of esters is 1. The van der Waals surface area contributed by atoms with Crippen LogP contribution < -0.4 is 14.8 Å². The van der Waals surface area contributed by atoms with Gasteiger partial charge in [0.25, 0.3) is 11.2 Å². The third-order valence-electron chi connectivity index (χ3n) is 6.21. The summed E-state index contributed by atoms with van der Waals surface area (Å²) in [5, 5.41) is 21.2. The van der Waals surface area contributed by atoms with Crippen LogP contribution in [0.4, 0.5) is 5.69 Å². The minimum absolute atomic E-state index is 0.0503. The molecule has 0 unspecified atom stereocenters. The molecule has 0 radical (unpaired) electrons. The second-order valence-corrected chi connectivity index (χ2v) is 9.93. The van der Waals surface area contributed by atoms with E-state index in [2.05, 4.69) is 4.98 Å². The molecule has 10 nitrogen and oxygen atoms in total. The zero-order chi connectivity index (χ0) is 29.1. The molecule has 0 bridgehead atoms. The van der Waals surface area contributed by atoms with E-state index in [1.807, 2.05) is 13.0 Å². The number of ether oxygens (including phenoxy) is 1. The number of aromatic nitrogens is 2. The van der Waals surface area contributed by atoms with Gasteiger partial charge < -0.3 is 9.72 Å². The lowest BCUT2D eigenvalue weighted by Crippen LogP contribution is -2.31. The average molecular weight is 557 g/mol. The van der Waals surface area contributed by atoms with Gasteiger partial charge in [0.2, 0.25) is 5.78 Å². The maximum absolute atomic E-state index is 13.7. The molecule has 0 aliphatic carbocycles. The van der Waals surface area contributed by atoms with Gasteiger partial charge in [-0.1, -0.05) is 17.7 Å². The highest BCUT2D eigenvalue weighted by Crippen LogP contribution is 2.22. The first-order chi connectivity index (χ1) is 19.1. The number of carbonyl (C=O) groups excluding carboxylic acids is 2. The summed E-state index contributed by atoms with van der Waals surface area (Å²) in [6, 6.07) is 14.7. The number of aromatic amines is 1. The highest BCUT2D eigenvalue weighted by Gasteiger charge is 2.26. The molecular formula is C29H24N4O6S. The summed E-state index contributed by atoms with van der Waals surface area (Å²) >= 11 is 0.953. The number of nitriles is 1. The second kappa shape index (κ2) is 11.3. The SMILES string of the molecule is CCOC(=O)c1c(C)[nH]c(C(=O)C(C#N)=c2sc(=Cc3ccc([N+](=O)[O-])cc3)c(=O)n2-c2ccc(C)cc2)c1C. The van der Waals surface area contributed by atoms with Gasteiger partial charge in [0.05, 0.1) is 33.0 Å². The number of benzene rings is 2. The lowest BCUT2D eigenvalue weighted by Gasteiger charge is -2.05. The largest absolute Gasteiger partial charge is 0.462 e. The lowest BCUT2D eigenvalue weighted by molar-refractivity contribution is -0.384. The standard InChI is InChI=1S/C29H24N4O6S/c1-5-39-29(36)24-17(3)25(31-18(24)4)26(34)22(15-30)28-32(20-10-6-16(2)7-11-20)27(35)23(40-28)14-19-8-12-21(13-9-19)33(37)38/h6-14,31H,5H2,1-4H3. The van der Waals surface area contributed by atoms with E-state index in [-0.39, 0.29) is 38.3 Å². The van der Waals surface area contributed by atoms with Crippen molar-refractivity contribution in [1.29, 1.82) is 5.26 Å². The van der Waals surface area contributed by atoms with Crippen LogP contribution in [0.1, 0.15) is 50.2 Å². The molecular weight excluding hydrogens is 532 g/mol. The fourth-order valence-corrected chi connectivity index (χ4v) is 5.33. The molecule has 4 aromatic rings. The number of nitro groups is 1. The second-order valence-electron chi connectivity index (χ2n) is 8.90. The molecule has 40 heavy (non-hydrogen) atoms. The van der Waals surface area contributed by atoms with E-state index in [0.717, 1.165) is 16.9 Å². The smallest absolute Gasteiger partial charge is 0.340 e. The number of rotatable bonds is 7. The number of Topliss-reactive ketones (excluding diaryl/α,β-unsaturated/α-hetero) is 1. The summed E-state index contributed by atoms with van der Waals surface area (Å²) in [7, 11) is 0. The summed E-state index contributed by atoms with van der Waals surface area (Å²) < 4.78 is 6.74. The molecule has 0 aliphatic rings. The quantitative estimate of drug-likeness (QED) is 0.158. The minimum Gasteiger partial charge on any atom is -0.462 e. The van der Waals surface area contributed by atoms with Crippen molar-refractivity contribution in [1.82, 2.24) is 9.55 Å². The van der Waals surface area contributed by atoms with E-state index >= 15 is 0 Å². The fraction of sp³-hybridized carbons (Fsp3) is 0.172. The van der Waals surface area contributed by atoms with Crippen LogP contribution in [0.5, 0.6) is 0 Å². The van der Waals surface area contributed by atoms with Crippen LogP contribution in [0.15, 0.2) is 53.3 Å². The first-order valence-electron chi connectivity index (χ1n) is 12.2. The monoisotopic (exact) mass is 556 g/mol. The topological polar surface area (TPSA) is 148 Å². The van der Waals surface area contributed by atoms with Crippen molar-refractivity contribution in [2.24, 2.45) is 0 Å². The van der Waals surface area contributed by atoms with Gasteiger partial charge in [-0.05, 0) is 69.2 Å². The summed E-state index contributed by atoms with van der Waals surface area (Å²) in [6.45, 7) is 6.95. The van der Waals surface area contributed by atoms with Gasteiger partial charge in [-0.15, -0.1) is 11.3 Å². The van der Waals surface area contributed by atoms with E-state index in [1.54, 1.807) is 51.1 Å². The molecule has 4 rings (SSSR count). The van der Waals surface area contributed by atoms with Gasteiger partial charge in [0.1, 0.15) is 16.3 Å². The summed E-state index contributed by atoms with van der Waals surface area (Å²) in [5.74, 6) is -1.26. The number of aryl methyl sites for hydroxylation is 2. The predicted molar refractivity (Wildman–Crippen MR) is 150 cm³/mol. The maximum atomic E-state index is 13.7. The van der Waals surface area contributed by atoms with Crippen LogP contribution >= 0.6 is 11.3 Å². The van der Waals surface area contributed by atoms with E-state index in [4.69, 9.17) is 4.74 Å². The molecule has 2 aromatic heterocycles. The summed E-state index contributed by atoms with van der Waals surface area (Å²) in [5.41, 5.74) is 2.13. The first kappa shape index (κ1) is 27.9. The Balaban J connectivity index is 1.99. The van der Waals surface area contributed by atoms with Gasteiger partial charge in [-0.25, -0.2) is 4.79 Å². The molecule has 0 fully saturated rings. The number of H-pyrrole nitrogens is 1. The summed E-state index contributed by atoms with van der Waals surface area (Å²) in [4.78, 5) is 53.3. The Morgan fingerprint density at radius 3 is 2.35 bits per heavy atom. The van der Waals surface area contributed by atoms with Crippen molar-refractivity contribution in [3.8, 4) is 11.8 Å². The van der Waals surface area contributed by atoms with Crippen molar-refractivity contribution in [2.75, 3.05) is 6.61 Å². The molecule has 0 saturated carbocycles. The highest BCUT2D eigenvalue weighted by molar-refractivity contribution is 7.07. The molecule has 0 amide bonds. The van der Waals surface area contributed by atoms with E-state index < -0.39 is 22.2 Å². The van der Waals surface area contributed by atoms with Crippen molar-refractivity contribution in [3.63, 3.8) is 0 Å². The minimum atomic E-state index is -0.678. The third-order valence-corrected chi connectivity index (χ3v) is 7.31. The van der Waals surface area contributed by atoms with Gasteiger partial charge >= 0.3 is 5.97 Å². The zero-order valence-electron chi connectivity index (χ0n) is 22.1. The number of ketones is 1. The van der Waals surface area contributed by atoms with Crippen LogP contribution in [0.2, 0.25) is 0 Å². The Morgan fingerprint density at radius 2 is 1.77 bits per heavy atom. The van der Waals surface area contributed by atoms with Crippen molar-refractivity contribution in [3.05, 3.63) is 112 Å². The van der Waals surface area contributed by atoms with Crippen LogP contribution in [-0.2, 0) is 4.74 Å². The van der Waals surface area contributed by atoms with E-state index in [9.17, 15) is 29.8 Å². The van der Waals surface area contributed by atoms with E-state index in [0.29, 0.717) is 22.5 Å². The molecule has 0 saturated heterocycles. The first-order valence-corrected chi connectivity index (χ1v) is 13.0. The normalized spacial score (nSPS) is 12.1. The van der Waals surface area contributed by atoms with Crippen LogP contribution in [0, 0.1) is 42.2 Å². The van der Waals surface area contributed by atoms with Gasteiger partial charge in [0, 0.05) is 17.8 Å². The Hall–Kier alpha value is -5.08. The van der Waals surface area contributed by atoms with Crippen LogP contribution in [0.3, 0.4) is 0 Å². The Labute approximate surface area is 232 Å². The molecule has 0 atom stereocenters. The number of non-ortho nitro benzene ring substituents is 1. The number of nitrogens with zero attached hydrogens (tertiary/aromatic N) is 3. The molecule has 202 valence electrons. The molecule has 0 spiro atoms. The Morgan fingerprint density at radius 1 is 1.12 bits per heavy atom. The number of hydrogen-bond donors (Lipinski definition) is 1. The lowest BCUT2D eigenvalue weighted by atomic mass is 10.0. The van der Waals surface area contributed by atoms with Gasteiger partial charge in [-0.2, -0.15) is 5.26 Å². The van der Waals surface area contributed by atoms with Crippen LogP contribution in [-0.4, -0.2) is 32.8 Å². The maximum Gasteiger partial charge on any atom is 0.340 e. The van der Waals surface area contributed by atoms with Crippen molar-refractivity contribution in [2.45, 2.75) is 27.7 Å². The van der Waals surface area contributed by atoms with E-state index in [1.165, 1.54) is 28.8 Å². The molecule has 11 heteroatoms. The van der Waals surface area contributed by atoms with Crippen molar-refractivity contribution >= 4 is 40.4 Å². The van der Waals surface area contributed by atoms with Crippen molar-refractivity contribution < 1.29 is 19.2 Å². The molecule has 0 aliphatic heterocycles. The Kier molecular flexibility index (Phi) is 7.93. The third kappa shape index (κ3) is 5.25. The number of thiazole rings is 1. The average Bonchev–Trinajstić information content (AvgIpc) is 3.40. The zero-order valence-corrected chi connectivity index (χ0v) is 22.9. The molecule has 2 aromatic carbocycles. The highest BCUT2D eigenvalue weighted by atomic mass is 32.1. The predicted octanol–water partition coefficient (Wildman–Crippen LogP) is 3.62. The number of hydrogen-bond acceptors (Lipinski definition) is 8. The molecule has 1 N–H and O–H groups in total. The summed E-state index contributed by atoms with van der Waals surface area (Å²) in [6.07, 6.45) is 1.55. The number of carbonyl (C=O) groups is 2. The van der Waals surface area contributed by atoms with Crippen LogP contribution in [0.25, 0.3) is 17.3 Å². The number of nitro benzene ring substituents is 1. The Bertz CT molecular complexity index is 1870. The molecule has 2 heterocycles. The van der Waals surface area contributed by atoms with Gasteiger partial charge in [0.15, 0.2) is 0 Å². The van der Waals surface area contributed by atoms with Gasteiger partial charge in [-0.3, -0.25) is 24.3 Å². The number of nitrogens with one attached hydrogen (secondary N) is 1. The fourth-order valence-electron chi connectivity index (χ4n) is 4.23.